The van der Waals surface area contributed by atoms with Crippen LogP contribution in [0.2, 0.25) is 0 Å². The van der Waals surface area contributed by atoms with E-state index in [9.17, 15) is 14.4 Å². The quantitative estimate of drug-likeness (QED) is 0.662. The van der Waals surface area contributed by atoms with Gasteiger partial charge in [0.1, 0.15) is 11.9 Å². The number of benzene rings is 1. The predicted octanol–water partition coefficient (Wildman–Crippen LogP) is 1.06. The van der Waals surface area contributed by atoms with Gasteiger partial charge in [0.15, 0.2) is 0 Å². The third kappa shape index (κ3) is 2.89. The lowest BCUT2D eigenvalue weighted by molar-refractivity contribution is -0.119. The normalized spacial score (nSPS) is 16.8. The summed E-state index contributed by atoms with van der Waals surface area (Å²) in [6.45, 7) is 0. The number of pyridine rings is 1. The Kier molecular flexibility index (Phi) is 3.57. The van der Waals surface area contributed by atoms with E-state index in [1.165, 1.54) is 23.3 Å². The molecular formula is C17H15N5O3. The lowest BCUT2D eigenvalue weighted by Gasteiger charge is -2.14. The number of aromatic amines is 1. The average Bonchev–Trinajstić information content (AvgIpc) is 3.26. The Labute approximate surface area is 141 Å². The van der Waals surface area contributed by atoms with Crippen molar-refractivity contribution in [3.8, 4) is 0 Å². The number of anilines is 1. The van der Waals surface area contributed by atoms with E-state index < -0.39 is 11.5 Å². The molecule has 1 unspecified atom stereocenters. The number of nitrogens with one attached hydrogen (secondary N) is 3. The number of hydrogen-bond donors (Lipinski definition) is 3. The van der Waals surface area contributed by atoms with Crippen LogP contribution in [-0.2, 0) is 4.79 Å². The summed E-state index contributed by atoms with van der Waals surface area (Å²) in [5.41, 5.74) is 1.02. The Hall–Kier alpha value is -3.42. The second-order valence-electron chi connectivity index (χ2n) is 5.89. The van der Waals surface area contributed by atoms with Crippen molar-refractivity contribution in [1.82, 2.24) is 19.9 Å². The van der Waals surface area contributed by atoms with Gasteiger partial charge in [-0.3, -0.25) is 19.0 Å². The van der Waals surface area contributed by atoms with Crippen LogP contribution < -0.4 is 16.2 Å². The van der Waals surface area contributed by atoms with E-state index >= 15 is 0 Å². The molecule has 1 aliphatic heterocycles. The summed E-state index contributed by atoms with van der Waals surface area (Å²) in [7, 11) is 0. The van der Waals surface area contributed by atoms with E-state index in [0.717, 1.165) is 11.1 Å². The molecule has 0 saturated carbocycles. The van der Waals surface area contributed by atoms with Crippen molar-refractivity contribution >= 4 is 28.4 Å². The van der Waals surface area contributed by atoms with Gasteiger partial charge in [0.05, 0.1) is 6.17 Å². The predicted molar refractivity (Wildman–Crippen MR) is 91.3 cm³/mol. The maximum absolute atomic E-state index is 12.4. The smallest absolute Gasteiger partial charge is 0.268 e. The Morgan fingerprint density at radius 1 is 1.28 bits per heavy atom. The molecule has 2 aromatic heterocycles. The zero-order valence-electron chi connectivity index (χ0n) is 13.2. The highest BCUT2D eigenvalue weighted by atomic mass is 16.2. The van der Waals surface area contributed by atoms with E-state index in [1.54, 1.807) is 12.1 Å². The SMILES string of the molecule is O=C1CCC(Nc2ccc3[nH]c(=O)c(C(=O)n4ccnc4)cc3c2)N1. The molecular weight excluding hydrogens is 322 g/mol. The highest BCUT2D eigenvalue weighted by Gasteiger charge is 2.20. The first kappa shape index (κ1) is 15.1. The maximum Gasteiger partial charge on any atom is 0.268 e. The van der Waals surface area contributed by atoms with E-state index in [2.05, 4.69) is 20.6 Å². The summed E-state index contributed by atoms with van der Waals surface area (Å²) in [5.74, 6) is -0.419. The number of hydrogen-bond acceptors (Lipinski definition) is 5. The van der Waals surface area contributed by atoms with Crippen molar-refractivity contribution in [2.45, 2.75) is 19.0 Å². The molecule has 1 atom stereocenters. The van der Waals surface area contributed by atoms with Crippen molar-refractivity contribution in [3.05, 3.63) is 58.9 Å². The summed E-state index contributed by atoms with van der Waals surface area (Å²) in [6.07, 6.45) is 5.43. The first-order chi connectivity index (χ1) is 12.1. The molecule has 0 radical (unpaired) electrons. The van der Waals surface area contributed by atoms with Crippen LogP contribution in [0.25, 0.3) is 10.9 Å². The van der Waals surface area contributed by atoms with Gasteiger partial charge in [-0.05, 0) is 30.7 Å². The van der Waals surface area contributed by atoms with Crippen LogP contribution >= 0.6 is 0 Å². The van der Waals surface area contributed by atoms with Crippen LogP contribution in [-0.4, -0.2) is 32.5 Å². The zero-order chi connectivity index (χ0) is 17.4. The molecule has 3 heterocycles. The Morgan fingerprint density at radius 3 is 2.88 bits per heavy atom. The van der Waals surface area contributed by atoms with Crippen molar-refractivity contribution in [3.63, 3.8) is 0 Å². The monoisotopic (exact) mass is 337 g/mol. The van der Waals surface area contributed by atoms with Gasteiger partial charge in [-0.2, -0.15) is 0 Å². The maximum atomic E-state index is 12.4. The van der Waals surface area contributed by atoms with Gasteiger partial charge in [-0.1, -0.05) is 0 Å². The first-order valence-corrected chi connectivity index (χ1v) is 7.86. The fourth-order valence-electron chi connectivity index (χ4n) is 2.90. The third-order valence-electron chi connectivity index (χ3n) is 4.15. The van der Waals surface area contributed by atoms with Gasteiger partial charge in [0, 0.05) is 35.4 Å². The van der Waals surface area contributed by atoms with Gasteiger partial charge in [-0.25, -0.2) is 4.98 Å². The number of amides is 1. The number of nitrogens with zero attached hydrogens (tertiary/aromatic N) is 2. The highest BCUT2D eigenvalue weighted by molar-refractivity contribution is 5.98. The second-order valence-corrected chi connectivity index (χ2v) is 5.89. The van der Waals surface area contributed by atoms with Gasteiger partial charge in [0.2, 0.25) is 5.91 Å². The first-order valence-electron chi connectivity index (χ1n) is 7.86. The minimum atomic E-state index is -0.449. The Balaban J connectivity index is 1.69. The molecule has 0 bridgehead atoms. The molecule has 1 aliphatic rings. The van der Waals surface area contributed by atoms with Crippen LogP contribution in [0.5, 0.6) is 0 Å². The van der Waals surface area contributed by atoms with Crippen molar-refractivity contribution in [2.24, 2.45) is 0 Å². The number of H-pyrrole nitrogens is 1. The molecule has 0 aliphatic carbocycles. The standard InChI is InChI=1S/C17H15N5O3/c23-15-4-3-14(21-15)19-11-1-2-13-10(7-11)8-12(16(24)20-13)17(25)22-6-5-18-9-22/h1-2,5-9,14,19H,3-4H2,(H,20,24)(H,21,23). The lowest BCUT2D eigenvalue weighted by Crippen LogP contribution is -2.32. The van der Waals surface area contributed by atoms with Crippen molar-refractivity contribution in [1.29, 1.82) is 0 Å². The van der Waals surface area contributed by atoms with E-state index in [1.807, 2.05) is 12.1 Å². The molecule has 1 amide bonds. The number of aromatic nitrogens is 3. The summed E-state index contributed by atoms with van der Waals surface area (Å²) in [4.78, 5) is 42.4. The second kappa shape index (κ2) is 5.90. The summed E-state index contributed by atoms with van der Waals surface area (Å²) in [5, 5.41) is 6.79. The van der Waals surface area contributed by atoms with Crippen LogP contribution in [0, 0.1) is 0 Å². The topological polar surface area (TPSA) is 109 Å². The van der Waals surface area contributed by atoms with E-state index in [0.29, 0.717) is 18.4 Å². The molecule has 1 aromatic carbocycles. The number of rotatable bonds is 3. The van der Waals surface area contributed by atoms with Crippen molar-refractivity contribution < 1.29 is 9.59 Å². The molecule has 25 heavy (non-hydrogen) atoms. The number of carbonyl (C=O) groups is 2. The minimum Gasteiger partial charge on any atom is -0.365 e. The van der Waals surface area contributed by atoms with Gasteiger partial charge in [0.25, 0.3) is 11.5 Å². The van der Waals surface area contributed by atoms with E-state index in [-0.39, 0.29) is 17.6 Å². The van der Waals surface area contributed by atoms with Gasteiger partial charge >= 0.3 is 0 Å². The largest absolute Gasteiger partial charge is 0.365 e. The fourth-order valence-corrected chi connectivity index (χ4v) is 2.90. The molecule has 4 rings (SSSR count). The number of carbonyl (C=O) groups excluding carboxylic acids is 2. The average molecular weight is 337 g/mol. The van der Waals surface area contributed by atoms with E-state index in [4.69, 9.17) is 0 Å². The molecule has 8 heteroatoms. The van der Waals surface area contributed by atoms with Crippen LogP contribution in [0.1, 0.15) is 23.2 Å². The molecule has 3 N–H and O–H groups in total. The third-order valence-corrected chi connectivity index (χ3v) is 4.15. The molecule has 126 valence electrons. The fraction of sp³-hybridized carbons (Fsp3) is 0.176. The molecule has 3 aromatic rings. The zero-order valence-corrected chi connectivity index (χ0v) is 13.2. The minimum absolute atomic E-state index is 0.0239. The molecule has 1 saturated heterocycles. The van der Waals surface area contributed by atoms with Crippen molar-refractivity contribution in [2.75, 3.05) is 5.32 Å². The molecule has 8 nitrogen and oxygen atoms in total. The summed E-state index contributed by atoms with van der Waals surface area (Å²) < 4.78 is 1.26. The van der Waals surface area contributed by atoms with Crippen LogP contribution in [0.4, 0.5) is 5.69 Å². The number of fused-ring (bicyclic) bond motifs is 1. The van der Waals surface area contributed by atoms with Crippen LogP contribution in [0.3, 0.4) is 0 Å². The van der Waals surface area contributed by atoms with Crippen LogP contribution in [0.15, 0.2) is 47.8 Å². The molecule has 1 fully saturated rings. The Bertz CT molecular complexity index is 1020. The van der Waals surface area contributed by atoms with Gasteiger partial charge < -0.3 is 15.6 Å². The Morgan fingerprint density at radius 2 is 2.16 bits per heavy atom. The molecule has 0 spiro atoms. The van der Waals surface area contributed by atoms with Gasteiger partial charge in [-0.15, -0.1) is 0 Å². The lowest BCUT2D eigenvalue weighted by atomic mass is 10.1. The number of imidazole rings is 1. The highest BCUT2D eigenvalue weighted by Crippen LogP contribution is 2.20. The summed E-state index contributed by atoms with van der Waals surface area (Å²) in [6, 6.07) is 6.98. The summed E-state index contributed by atoms with van der Waals surface area (Å²) >= 11 is 0.